The van der Waals surface area contributed by atoms with Crippen LogP contribution >= 0.6 is 28.3 Å². The molecule has 1 aromatic carbocycles. The largest absolute Gasteiger partial charge is 0.335 e. The first-order chi connectivity index (χ1) is 11.5. The van der Waals surface area contributed by atoms with Gasteiger partial charge in [0.2, 0.25) is 5.91 Å². The third kappa shape index (κ3) is 5.28. The van der Waals surface area contributed by atoms with Gasteiger partial charge in [0.05, 0.1) is 0 Å². The average Bonchev–Trinajstić information content (AvgIpc) is 2.89. The number of hydrogen-bond acceptors (Lipinski definition) is 2. The molecule has 3 rings (SSSR count). The zero-order chi connectivity index (χ0) is 17.1. The Morgan fingerprint density at radius 2 is 2.04 bits per heavy atom. The molecule has 1 aromatic rings. The molecule has 0 saturated carbocycles. The minimum absolute atomic E-state index is 0. The number of piperidine rings is 1. The smallest absolute Gasteiger partial charge is 0.223 e. The SMILES string of the molecule is C=CCN(Cc1cc(Br)ccc1F)C(=O)CC1CC2CCC(C1)N2.Cl. The van der Waals surface area contributed by atoms with Gasteiger partial charge in [-0.25, -0.2) is 4.39 Å². The topological polar surface area (TPSA) is 32.3 Å². The zero-order valence-corrected chi connectivity index (χ0v) is 16.6. The van der Waals surface area contributed by atoms with E-state index in [4.69, 9.17) is 0 Å². The molecule has 1 N–H and O–H groups in total. The van der Waals surface area contributed by atoms with Gasteiger partial charge in [0, 0.05) is 41.6 Å². The van der Waals surface area contributed by atoms with Gasteiger partial charge in [0.25, 0.3) is 0 Å². The Kier molecular flexibility index (Phi) is 7.47. The van der Waals surface area contributed by atoms with Crippen molar-refractivity contribution in [3.05, 3.63) is 46.7 Å². The minimum Gasteiger partial charge on any atom is -0.335 e. The summed E-state index contributed by atoms with van der Waals surface area (Å²) in [7, 11) is 0. The Balaban J connectivity index is 0.00000225. The maximum absolute atomic E-state index is 14.0. The van der Waals surface area contributed by atoms with Crippen molar-refractivity contribution in [1.82, 2.24) is 10.2 Å². The molecule has 2 aliphatic heterocycles. The summed E-state index contributed by atoms with van der Waals surface area (Å²) in [5.74, 6) is 0.261. The van der Waals surface area contributed by atoms with Gasteiger partial charge in [-0.15, -0.1) is 19.0 Å². The van der Waals surface area contributed by atoms with E-state index in [0.29, 0.717) is 36.5 Å². The normalized spacial score (nSPS) is 24.5. The lowest BCUT2D eigenvalue weighted by molar-refractivity contribution is -0.132. The molecule has 2 bridgehead atoms. The first-order valence-corrected chi connectivity index (χ1v) is 9.43. The molecule has 3 nitrogen and oxygen atoms in total. The molecule has 0 radical (unpaired) electrons. The second-order valence-corrected chi connectivity index (χ2v) is 7.89. The van der Waals surface area contributed by atoms with Gasteiger partial charge in [-0.05, 0) is 49.8 Å². The fourth-order valence-corrected chi connectivity index (χ4v) is 4.41. The van der Waals surface area contributed by atoms with E-state index in [-0.39, 0.29) is 30.7 Å². The minimum atomic E-state index is -0.278. The van der Waals surface area contributed by atoms with E-state index in [1.165, 1.54) is 18.9 Å². The van der Waals surface area contributed by atoms with E-state index in [1.807, 2.05) is 0 Å². The lowest BCUT2D eigenvalue weighted by Gasteiger charge is -2.30. The highest BCUT2D eigenvalue weighted by molar-refractivity contribution is 9.10. The lowest BCUT2D eigenvalue weighted by Crippen LogP contribution is -2.40. The number of hydrogen-bond donors (Lipinski definition) is 1. The molecule has 2 aliphatic rings. The highest BCUT2D eigenvalue weighted by atomic mass is 79.9. The summed E-state index contributed by atoms with van der Waals surface area (Å²) in [6.45, 7) is 4.47. The van der Waals surface area contributed by atoms with Crippen LogP contribution in [0.3, 0.4) is 0 Å². The van der Waals surface area contributed by atoms with E-state index in [9.17, 15) is 9.18 Å². The van der Waals surface area contributed by atoms with Gasteiger partial charge in [-0.3, -0.25) is 4.79 Å². The molecule has 138 valence electrons. The Morgan fingerprint density at radius 3 is 2.68 bits per heavy atom. The molecule has 6 heteroatoms. The summed E-state index contributed by atoms with van der Waals surface area (Å²) in [6.07, 6.45) is 6.88. The number of rotatable bonds is 6. The maximum atomic E-state index is 14.0. The Labute approximate surface area is 163 Å². The summed E-state index contributed by atoms with van der Waals surface area (Å²) in [6, 6.07) is 6.00. The fraction of sp³-hybridized carbons (Fsp3) is 0.526. The predicted molar refractivity (Wildman–Crippen MR) is 104 cm³/mol. The van der Waals surface area contributed by atoms with Crippen LogP contribution in [0.5, 0.6) is 0 Å². The van der Waals surface area contributed by atoms with Crippen molar-refractivity contribution in [1.29, 1.82) is 0 Å². The van der Waals surface area contributed by atoms with Crippen molar-refractivity contribution in [3.8, 4) is 0 Å². The quantitative estimate of drug-likeness (QED) is 0.675. The molecular weight excluding hydrogens is 407 g/mol. The van der Waals surface area contributed by atoms with Crippen molar-refractivity contribution in [3.63, 3.8) is 0 Å². The molecule has 0 aromatic heterocycles. The third-order valence-electron chi connectivity index (χ3n) is 5.11. The summed E-state index contributed by atoms with van der Waals surface area (Å²) in [5.41, 5.74) is 0.532. The molecule has 2 unspecified atom stereocenters. The first kappa shape index (κ1) is 20.4. The number of nitrogens with zero attached hydrogens (tertiary/aromatic N) is 1. The van der Waals surface area contributed by atoms with Crippen molar-refractivity contribution < 1.29 is 9.18 Å². The highest BCUT2D eigenvalue weighted by Gasteiger charge is 2.34. The highest BCUT2D eigenvalue weighted by Crippen LogP contribution is 2.33. The summed E-state index contributed by atoms with van der Waals surface area (Å²) in [4.78, 5) is 14.5. The van der Waals surface area contributed by atoms with Gasteiger partial charge in [-0.2, -0.15) is 0 Å². The van der Waals surface area contributed by atoms with Crippen LogP contribution in [0.1, 0.15) is 37.7 Å². The van der Waals surface area contributed by atoms with E-state index >= 15 is 0 Å². The van der Waals surface area contributed by atoms with Crippen molar-refractivity contribution in [2.75, 3.05) is 6.54 Å². The van der Waals surface area contributed by atoms with E-state index in [2.05, 4.69) is 27.8 Å². The Hall–Kier alpha value is -0.910. The van der Waals surface area contributed by atoms with Crippen LogP contribution in [0, 0.1) is 11.7 Å². The Bertz CT molecular complexity index is 615. The van der Waals surface area contributed by atoms with Crippen LogP contribution in [0.2, 0.25) is 0 Å². The van der Waals surface area contributed by atoms with Crippen LogP contribution in [-0.2, 0) is 11.3 Å². The number of halogens is 3. The number of carbonyl (C=O) groups is 1. The second kappa shape index (κ2) is 9.15. The lowest BCUT2D eigenvalue weighted by atomic mass is 9.89. The molecule has 25 heavy (non-hydrogen) atoms. The van der Waals surface area contributed by atoms with Crippen molar-refractivity contribution >= 4 is 34.2 Å². The molecule has 0 spiro atoms. The van der Waals surface area contributed by atoms with Gasteiger partial charge in [-0.1, -0.05) is 22.0 Å². The van der Waals surface area contributed by atoms with Crippen LogP contribution in [0.25, 0.3) is 0 Å². The zero-order valence-electron chi connectivity index (χ0n) is 14.2. The van der Waals surface area contributed by atoms with Crippen LogP contribution in [0.15, 0.2) is 35.3 Å². The number of fused-ring (bicyclic) bond motifs is 2. The van der Waals surface area contributed by atoms with Gasteiger partial charge in [0.1, 0.15) is 5.82 Å². The predicted octanol–water partition coefficient (Wildman–Crippen LogP) is 4.45. The van der Waals surface area contributed by atoms with Crippen molar-refractivity contribution in [2.45, 2.75) is 50.7 Å². The summed E-state index contributed by atoms with van der Waals surface area (Å²) in [5, 5.41) is 3.61. The monoisotopic (exact) mass is 430 g/mol. The van der Waals surface area contributed by atoms with E-state index in [1.54, 1.807) is 23.1 Å². The Morgan fingerprint density at radius 1 is 1.36 bits per heavy atom. The summed E-state index contributed by atoms with van der Waals surface area (Å²) >= 11 is 3.36. The average molecular weight is 432 g/mol. The molecule has 2 saturated heterocycles. The third-order valence-corrected chi connectivity index (χ3v) is 5.60. The van der Waals surface area contributed by atoms with Gasteiger partial charge in [0.15, 0.2) is 0 Å². The first-order valence-electron chi connectivity index (χ1n) is 8.63. The number of nitrogens with one attached hydrogen (secondary N) is 1. The van der Waals surface area contributed by atoms with Gasteiger partial charge >= 0.3 is 0 Å². The molecule has 2 heterocycles. The fourth-order valence-electron chi connectivity index (χ4n) is 4.00. The standard InChI is InChI=1S/C19H24BrFN2O.ClH/c1-2-7-23(12-14-11-15(20)3-6-18(14)21)19(24)10-13-8-16-4-5-17(9-13)22-16;/h2-3,6,11,13,16-17,22H,1,4-5,7-10,12H2;1H. The molecular formula is C19H25BrClFN2O. The summed E-state index contributed by atoms with van der Waals surface area (Å²) < 4.78 is 14.8. The van der Waals surface area contributed by atoms with Crippen molar-refractivity contribution in [2.24, 2.45) is 5.92 Å². The molecule has 0 aliphatic carbocycles. The molecule has 1 amide bonds. The number of carbonyl (C=O) groups excluding carboxylic acids is 1. The van der Waals surface area contributed by atoms with Crippen LogP contribution < -0.4 is 5.32 Å². The molecule has 2 atom stereocenters. The number of benzene rings is 1. The van der Waals surface area contributed by atoms with Crippen LogP contribution in [0.4, 0.5) is 4.39 Å². The van der Waals surface area contributed by atoms with Gasteiger partial charge < -0.3 is 10.2 Å². The second-order valence-electron chi connectivity index (χ2n) is 6.98. The number of amides is 1. The molecule has 2 fully saturated rings. The van der Waals surface area contributed by atoms with E-state index in [0.717, 1.165) is 17.3 Å². The maximum Gasteiger partial charge on any atom is 0.223 e. The van der Waals surface area contributed by atoms with E-state index < -0.39 is 0 Å². The van der Waals surface area contributed by atoms with Crippen LogP contribution in [-0.4, -0.2) is 29.4 Å².